The van der Waals surface area contributed by atoms with E-state index in [2.05, 4.69) is 26.6 Å². The standard InChI is InChI=1S/C46H64N8O8/c1-29(2)22-34(28-62-39(42(49)57)23-30(3)4)51-41(56)27-50-44(59)37(25-32-16-10-6-11-17-32)53-46(61)38(26-33-18-12-7-13-19-33)54-45(60)36(20-21-40(48)55)52-43(58)35(47)24-31-14-8-5-9-15-31/h5-19,29-30,34-39H,20-28,47H2,1-4H3,(H2,48,55)(H2,49,57)(H,50,59)(H,51,56)(H,52,58)(H,53,61)(H,54,60)/t34-,35+,36-,37-,38-,39-/m0/s1. The molecular formula is C46H64N8O8. The van der Waals surface area contributed by atoms with Crippen molar-refractivity contribution in [3.05, 3.63) is 108 Å². The maximum Gasteiger partial charge on any atom is 0.246 e. The van der Waals surface area contributed by atoms with Crippen LogP contribution in [0.1, 0.15) is 70.1 Å². The molecule has 6 atom stereocenters. The van der Waals surface area contributed by atoms with Crippen LogP contribution >= 0.6 is 0 Å². The Balaban J connectivity index is 1.80. The van der Waals surface area contributed by atoms with Crippen molar-refractivity contribution < 1.29 is 38.3 Å². The first kappa shape index (κ1) is 50.2. The Morgan fingerprint density at radius 2 is 1.02 bits per heavy atom. The van der Waals surface area contributed by atoms with E-state index in [1.54, 1.807) is 60.7 Å². The number of hydrogen-bond donors (Lipinski definition) is 8. The molecule has 0 bridgehead atoms. The summed E-state index contributed by atoms with van der Waals surface area (Å²) >= 11 is 0. The third kappa shape index (κ3) is 19.1. The molecule has 0 saturated carbocycles. The number of nitrogens with two attached hydrogens (primary N) is 3. The van der Waals surface area contributed by atoms with Gasteiger partial charge in [-0.15, -0.1) is 0 Å². The van der Waals surface area contributed by atoms with Crippen molar-refractivity contribution in [2.75, 3.05) is 13.2 Å². The fourth-order valence-corrected chi connectivity index (χ4v) is 6.69. The zero-order valence-electron chi connectivity index (χ0n) is 36.1. The molecule has 0 spiro atoms. The third-order valence-electron chi connectivity index (χ3n) is 9.82. The van der Waals surface area contributed by atoms with Gasteiger partial charge in [0.15, 0.2) is 0 Å². The van der Waals surface area contributed by atoms with Crippen LogP contribution in [0.2, 0.25) is 0 Å². The molecule has 0 aliphatic carbocycles. The van der Waals surface area contributed by atoms with Gasteiger partial charge in [-0.1, -0.05) is 119 Å². The van der Waals surface area contributed by atoms with E-state index in [9.17, 15) is 33.6 Å². The van der Waals surface area contributed by atoms with E-state index in [4.69, 9.17) is 21.9 Å². The van der Waals surface area contributed by atoms with Crippen molar-refractivity contribution in [1.82, 2.24) is 26.6 Å². The zero-order valence-corrected chi connectivity index (χ0v) is 36.1. The highest BCUT2D eigenvalue weighted by Crippen LogP contribution is 2.13. The highest BCUT2D eigenvalue weighted by Gasteiger charge is 2.31. The minimum Gasteiger partial charge on any atom is -0.370 e. The van der Waals surface area contributed by atoms with Gasteiger partial charge in [0.25, 0.3) is 0 Å². The molecule has 7 amide bonds. The van der Waals surface area contributed by atoms with Gasteiger partial charge in [0.2, 0.25) is 41.4 Å². The van der Waals surface area contributed by atoms with E-state index >= 15 is 0 Å². The summed E-state index contributed by atoms with van der Waals surface area (Å²) < 4.78 is 5.83. The van der Waals surface area contributed by atoms with Crippen LogP contribution in [-0.4, -0.2) is 90.8 Å². The predicted molar refractivity (Wildman–Crippen MR) is 235 cm³/mol. The van der Waals surface area contributed by atoms with Crippen LogP contribution in [0.3, 0.4) is 0 Å². The van der Waals surface area contributed by atoms with Crippen LogP contribution in [-0.2, 0) is 57.6 Å². The van der Waals surface area contributed by atoms with Gasteiger partial charge in [-0.25, -0.2) is 0 Å². The Hall–Kier alpha value is -6.13. The molecule has 62 heavy (non-hydrogen) atoms. The van der Waals surface area contributed by atoms with Gasteiger partial charge in [0.05, 0.1) is 25.2 Å². The lowest BCUT2D eigenvalue weighted by Gasteiger charge is -2.26. The lowest BCUT2D eigenvalue weighted by molar-refractivity contribution is -0.134. The van der Waals surface area contributed by atoms with Crippen molar-refractivity contribution in [3.63, 3.8) is 0 Å². The topological polar surface area (TPSA) is 267 Å². The summed E-state index contributed by atoms with van der Waals surface area (Å²) in [6.07, 6.45) is -0.0524. The molecule has 16 nitrogen and oxygen atoms in total. The number of nitrogens with one attached hydrogen (secondary N) is 5. The van der Waals surface area contributed by atoms with Crippen LogP contribution in [0, 0.1) is 11.8 Å². The minimum atomic E-state index is -1.29. The summed E-state index contributed by atoms with van der Waals surface area (Å²) in [4.78, 5) is 92.3. The number of hydrogen-bond acceptors (Lipinski definition) is 9. The number of amides is 7. The van der Waals surface area contributed by atoms with Gasteiger partial charge >= 0.3 is 0 Å². The summed E-state index contributed by atoms with van der Waals surface area (Å²) in [5, 5.41) is 13.6. The smallest absolute Gasteiger partial charge is 0.246 e. The van der Waals surface area contributed by atoms with E-state index in [0.717, 1.165) is 5.56 Å². The Labute approximate surface area is 364 Å². The molecule has 0 saturated heterocycles. The number of carbonyl (C=O) groups excluding carboxylic acids is 7. The van der Waals surface area contributed by atoms with Gasteiger partial charge in [0.1, 0.15) is 24.2 Å². The minimum absolute atomic E-state index is 0.00239. The highest BCUT2D eigenvalue weighted by molar-refractivity contribution is 5.96. The Morgan fingerprint density at radius 1 is 0.565 bits per heavy atom. The molecule has 0 unspecified atom stereocenters. The Morgan fingerprint density at radius 3 is 1.48 bits per heavy atom. The first-order valence-electron chi connectivity index (χ1n) is 21.0. The predicted octanol–water partition coefficient (Wildman–Crippen LogP) is 1.33. The lowest BCUT2D eigenvalue weighted by atomic mass is 10.0. The molecule has 11 N–H and O–H groups in total. The van der Waals surface area contributed by atoms with Crippen LogP contribution in [0.4, 0.5) is 0 Å². The molecule has 336 valence electrons. The number of rotatable bonds is 27. The second-order valence-corrected chi connectivity index (χ2v) is 16.3. The van der Waals surface area contributed by atoms with E-state index in [-0.39, 0.29) is 50.5 Å². The molecule has 3 aromatic rings. The van der Waals surface area contributed by atoms with Crippen molar-refractivity contribution in [1.29, 1.82) is 0 Å². The number of ether oxygens (including phenoxy) is 1. The molecule has 0 fully saturated rings. The largest absolute Gasteiger partial charge is 0.370 e. The second-order valence-electron chi connectivity index (χ2n) is 16.3. The van der Waals surface area contributed by atoms with Gasteiger partial charge in [0, 0.05) is 19.3 Å². The molecule has 0 radical (unpaired) electrons. The van der Waals surface area contributed by atoms with Gasteiger partial charge < -0.3 is 48.5 Å². The zero-order chi connectivity index (χ0) is 45.6. The molecule has 0 heterocycles. The molecule has 3 aromatic carbocycles. The van der Waals surface area contributed by atoms with Crippen LogP contribution in [0.5, 0.6) is 0 Å². The second kappa shape index (κ2) is 26.3. The fraction of sp³-hybridized carbons (Fsp3) is 0.457. The highest BCUT2D eigenvalue weighted by atomic mass is 16.5. The SMILES string of the molecule is CC(C)C[C@@H](CO[C@@H](CC(C)C)C(N)=O)NC(=O)CNC(=O)[C@H](Cc1ccccc1)NC(=O)[C@H](Cc1ccccc1)NC(=O)[C@H](CCC(N)=O)NC(=O)[C@H](N)Cc1ccccc1. The summed E-state index contributed by atoms with van der Waals surface area (Å²) in [6.45, 7) is 7.44. The van der Waals surface area contributed by atoms with E-state index in [1.165, 1.54) is 0 Å². The maximum absolute atomic E-state index is 14.2. The normalized spacial score (nSPS) is 14.0. The Kier molecular flexibility index (Phi) is 21.3. The summed E-state index contributed by atoms with van der Waals surface area (Å²) in [7, 11) is 0. The maximum atomic E-state index is 14.2. The first-order valence-corrected chi connectivity index (χ1v) is 21.0. The molecule has 0 aliphatic heterocycles. The molecule has 16 heteroatoms. The van der Waals surface area contributed by atoms with Gasteiger partial charge in [-0.05, 0) is 54.2 Å². The first-order chi connectivity index (χ1) is 29.5. The average Bonchev–Trinajstić information content (AvgIpc) is 3.22. The number of carbonyl (C=O) groups is 7. The molecule has 0 aromatic heterocycles. The van der Waals surface area contributed by atoms with E-state index < -0.39 is 84.2 Å². The quantitative estimate of drug-likeness (QED) is 0.0549. The van der Waals surface area contributed by atoms with Crippen molar-refractivity contribution in [2.45, 2.75) is 109 Å². The van der Waals surface area contributed by atoms with Gasteiger partial charge in [-0.3, -0.25) is 33.6 Å². The van der Waals surface area contributed by atoms with Crippen molar-refractivity contribution in [3.8, 4) is 0 Å². The third-order valence-corrected chi connectivity index (χ3v) is 9.82. The van der Waals surface area contributed by atoms with Crippen LogP contribution in [0.15, 0.2) is 91.0 Å². The molecular weight excluding hydrogens is 793 g/mol. The number of benzene rings is 3. The summed E-state index contributed by atoms with van der Waals surface area (Å²) in [6, 6.07) is 21.6. The molecule has 3 rings (SSSR count). The summed E-state index contributed by atoms with van der Waals surface area (Å²) in [5.41, 5.74) is 19.4. The monoisotopic (exact) mass is 856 g/mol. The fourth-order valence-electron chi connectivity index (χ4n) is 6.69. The van der Waals surface area contributed by atoms with E-state index in [1.807, 2.05) is 58.0 Å². The lowest BCUT2D eigenvalue weighted by Crippen LogP contribution is -2.59. The summed E-state index contributed by atoms with van der Waals surface area (Å²) in [5.74, 6) is -4.28. The van der Waals surface area contributed by atoms with Crippen LogP contribution < -0.4 is 43.8 Å². The average molecular weight is 857 g/mol. The van der Waals surface area contributed by atoms with Crippen molar-refractivity contribution >= 4 is 41.4 Å². The molecule has 0 aliphatic rings. The van der Waals surface area contributed by atoms with Gasteiger partial charge in [-0.2, -0.15) is 0 Å². The Bertz CT molecular complexity index is 1900. The van der Waals surface area contributed by atoms with Crippen molar-refractivity contribution in [2.24, 2.45) is 29.0 Å². The van der Waals surface area contributed by atoms with E-state index in [0.29, 0.717) is 24.0 Å². The number of primary amides is 2. The van der Waals surface area contributed by atoms with Crippen LogP contribution in [0.25, 0.3) is 0 Å².